The Kier molecular flexibility index (Phi) is 4.43. The summed E-state index contributed by atoms with van der Waals surface area (Å²) in [6.45, 7) is 1.36. The summed E-state index contributed by atoms with van der Waals surface area (Å²) in [5.74, 6) is -0.816. The Morgan fingerprint density at radius 1 is 1.47 bits per heavy atom. The van der Waals surface area contributed by atoms with Crippen molar-refractivity contribution in [2.75, 3.05) is 6.26 Å². The van der Waals surface area contributed by atoms with E-state index in [0.717, 1.165) is 6.26 Å². The normalized spacial score (nSPS) is 13.4. The summed E-state index contributed by atoms with van der Waals surface area (Å²) in [7, 11) is -3.38. The average Bonchev–Trinajstić information content (AvgIpc) is 2.21. The summed E-state index contributed by atoms with van der Waals surface area (Å²) in [5.41, 5.74) is 0.582. The Morgan fingerprint density at radius 2 is 2.06 bits per heavy atom. The first-order chi connectivity index (χ1) is 7.71. The molecular formula is C11H12BrFO3S. The largest absolute Gasteiger partial charge is 0.298 e. The molecule has 0 radical (unpaired) electrons. The molecule has 0 N–H and O–H groups in total. The van der Waals surface area contributed by atoms with E-state index in [9.17, 15) is 17.6 Å². The van der Waals surface area contributed by atoms with Gasteiger partial charge < -0.3 is 0 Å². The maximum absolute atomic E-state index is 13.0. The molecule has 0 aliphatic heterocycles. The molecule has 0 bridgehead atoms. The van der Waals surface area contributed by atoms with Crippen LogP contribution in [0, 0.1) is 5.82 Å². The van der Waals surface area contributed by atoms with Gasteiger partial charge in [-0.3, -0.25) is 4.79 Å². The van der Waals surface area contributed by atoms with Crippen molar-refractivity contribution in [3.05, 3.63) is 34.1 Å². The minimum Gasteiger partial charge on any atom is -0.298 e. The summed E-state index contributed by atoms with van der Waals surface area (Å²) < 4.78 is 35.6. The van der Waals surface area contributed by atoms with Gasteiger partial charge in [0.25, 0.3) is 0 Å². The van der Waals surface area contributed by atoms with Gasteiger partial charge in [-0.1, -0.05) is 6.07 Å². The van der Waals surface area contributed by atoms with Gasteiger partial charge in [-0.2, -0.15) is 0 Å². The number of carbonyl (C=O) groups is 1. The molecule has 0 saturated heterocycles. The summed E-state index contributed by atoms with van der Waals surface area (Å²) in [6.07, 6.45) is 1.00. The maximum atomic E-state index is 13.0. The number of hydrogen-bond donors (Lipinski definition) is 0. The number of sulfone groups is 1. The third-order valence-electron chi connectivity index (χ3n) is 2.46. The fourth-order valence-electron chi connectivity index (χ4n) is 1.23. The predicted octanol–water partition coefficient (Wildman–Crippen LogP) is 2.13. The zero-order chi connectivity index (χ0) is 13.2. The van der Waals surface area contributed by atoms with Crippen molar-refractivity contribution >= 4 is 31.6 Å². The highest BCUT2D eigenvalue weighted by molar-refractivity contribution is 9.10. The number of halogens is 2. The molecule has 0 aliphatic carbocycles. The summed E-state index contributed by atoms with van der Waals surface area (Å²) >= 11 is 3.01. The lowest BCUT2D eigenvalue weighted by Crippen LogP contribution is -2.27. The standard InChI is InChI=1S/C11H12BrFO3S/c1-7(17(2,15)16)11(14)6-8-3-4-10(13)9(12)5-8/h3-5,7H,6H2,1-2H3. The number of ketones is 1. The first-order valence-corrected chi connectivity index (χ1v) is 7.62. The van der Waals surface area contributed by atoms with Crippen LogP contribution in [0.4, 0.5) is 4.39 Å². The van der Waals surface area contributed by atoms with E-state index in [2.05, 4.69) is 15.9 Å². The van der Waals surface area contributed by atoms with Gasteiger partial charge in [-0.05, 0) is 40.5 Å². The Bertz CT molecular complexity index is 540. The van der Waals surface area contributed by atoms with E-state index in [1.807, 2.05) is 0 Å². The molecule has 1 atom stereocenters. The molecule has 0 aromatic heterocycles. The van der Waals surface area contributed by atoms with Crippen molar-refractivity contribution in [3.63, 3.8) is 0 Å². The van der Waals surface area contributed by atoms with E-state index in [1.165, 1.54) is 25.1 Å². The highest BCUT2D eigenvalue weighted by Gasteiger charge is 2.23. The molecule has 0 spiro atoms. The second-order valence-electron chi connectivity index (χ2n) is 3.86. The van der Waals surface area contributed by atoms with Crippen molar-refractivity contribution in [3.8, 4) is 0 Å². The van der Waals surface area contributed by atoms with Crippen LogP contribution in [0.1, 0.15) is 12.5 Å². The first kappa shape index (κ1) is 14.3. The smallest absolute Gasteiger partial charge is 0.157 e. The number of Topliss-reactive ketones (excluding diaryl/α,β-unsaturated/α-hetero) is 1. The van der Waals surface area contributed by atoms with Crippen molar-refractivity contribution in [2.45, 2.75) is 18.6 Å². The van der Waals surface area contributed by atoms with Crippen molar-refractivity contribution < 1.29 is 17.6 Å². The third kappa shape index (κ3) is 3.89. The molecular weight excluding hydrogens is 311 g/mol. The molecule has 94 valence electrons. The molecule has 1 rings (SSSR count). The van der Waals surface area contributed by atoms with E-state index < -0.39 is 26.7 Å². The summed E-state index contributed by atoms with van der Waals surface area (Å²) in [4.78, 5) is 11.7. The van der Waals surface area contributed by atoms with E-state index in [1.54, 1.807) is 0 Å². The Hall–Kier alpha value is -0.750. The van der Waals surface area contributed by atoms with Gasteiger partial charge >= 0.3 is 0 Å². The lowest BCUT2D eigenvalue weighted by Gasteiger charge is -2.08. The van der Waals surface area contributed by atoms with E-state index >= 15 is 0 Å². The van der Waals surface area contributed by atoms with Crippen LogP contribution in [0.5, 0.6) is 0 Å². The highest BCUT2D eigenvalue weighted by Crippen LogP contribution is 2.18. The molecule has 1 aromatic rings. The van der Waals surface area contributed by atoms with Crippen LogP contribution in [0.25, 0.3) is 0 Å². The van der Waals surface area contributed by atoms with Crippen LogP contribution in [0.3, 0.4) is 0 Å². The zero-order valence-electron chi connectivity index (χ0n) is 9.41. The monoisotopic (exact) mass is 322 g/mol. The molecule has 1 aromatic carbocycles. The molecule has 0 fully saturated rings. The van der Waals surface area contributed by atoms with Gasteiger partial charge in [-0.15, -0.1) is 0 Å². The van der Waals surface area contributed by atoms with Crippen LogP contribution in [-0.4, -0.2) is 25.7 Å². The summed E-state index contributed by atoms with van der Waals surface area (Å²) in [5, 5.41) is -1.04. The molecule has 0 heterocycles. The number of carbonyl (C=O) groups excluding carboxylic acids is 1. The maximum Gasteiger partial charge on any atom is 0.157 e. The molecule has 6 heteroatoms. The van der Waals surface area contributed by atoms with Gasteiger partial charge in [-0.25, -0.2) is 12.8 Å². The first-order valence-electron chi connectivity index (χ1n) is 4.87. The van der Waals surface area contributed by atoms with Crippen LogP contribution in [0.15, 0.2) is 22.7 Å². The summed E-state index contributed by atoms with van der Waals surface area (Å²) in [6, 6.07) is 4.17. The molecule has 0 aliphatic rings. The Morgan fingerprint density at radius 3 is 2.53 bits per heavy atom. The quantitative estimate of drug-likeness (QED) is 0.853. The second-order valence-corrected chi connectivity index (χ2v) is 7.08. The van der Waals surface area contributed by atoms with Crippen LogP contribution in [-0.2, 0) is 21.1 Å². The highest BCUT2D eigenvalue weighted by atomic mass is 79.9. The zero-order valence-corrected chi connectivity index (χ0v) is 11.8. The topological polar surface area (TPSA) is 51.2 Å². The van der Waals surface area contributed by atoms with E-state index in [-0.39, 0.29) is 10.9 Å². The Labute approximate surface area is 108 Å². The Balaban J connectivity index is 2.85. The SMILES string of the molecule is CC(C(=O)Cc1ccc(F)c(Br)c1)S(C)(=O)=O. The van der Waals surface area contributed by atoms with Gasteiger partial charge in [0.2, 0.25) is 0 Å². The van der Waals surface area contributed by atoms with Crippen molar-refractivity contribution in [1.82, 2.24) is 0 Å². The average molecular weight is 323 g/mol. The van der Waals surface area contributed by atoms with Crippen LogP contribution in [0.2, 0.25) is 0 Å². The number of hydrogen-bond acceptors (Lipinski definition) is 3. The van der Waals surface area contributed by atoms with Gasteiger partial charge in [0.05, 0.1) is 4.47 Å². The lowest BCUT2D eigenvalue weighted by molar-refractivity contribution is -0.117. The lowest BCUT2D eigenvalue weighted by atomic mass is 10.1. The van der Waals surface area contributed by atoms with Gasteiger partial charge in [0.1, 0.15) is 11.1 Å². The fraction of sp³-hybridized carbons (Fsp3) is 0.364. The number of rotatable bonds is 4. The fourth-order valence-corrected chi connectivity index (χ4v) is 2.22. The molecule has 17 heavy (non-hydrogen) atoms. The van der Waals surface area contributed by atoms with Gasteiger partial charge in [0.15, 0.2) is 15.6 Å². The molecule has 1 unspecified atom stereocenters. The van der Waals surface area contributed by atoms with Gasteiger partial charge in [0, 0.05) is 12.7 Å². The number of benzene rings is 1. The minimum absolute atomic E-state index is 0.0207. The molecule has 3 nitrogen and oxygen atoms in total. The van der Waals surface area contributed by atoms with Crippen molar-refractivity contribution in [1.29, 1.82) is 0 Å². The molecule has 0 amide bonds. The van der Waals surface area contributed by atoms with E-state index in [4.69, 9.17) is 0 Å². The minimum atomic E-state index is -3.38. The van der Waals surface area contributed by atoms with E-state index in [0.29, 0.717) is 5.56 Å². The third-order valence-corrected chi connectivity index (χ3v) is 4.61. The molecule has 0 saturated carbocycles. The van der Waals surface area contributed by atoms with Crippen LogP contribution >= 0.6 is 15.9 Å². The van der Waals surface area contributed by atoms with Crippen LogP contribution < -0.4 is 0 Å². The predicted molar refractivity (Wildman–Crippen MR) is 67.1 cm³/mol. The van der Waals surface area contributed by atoms with Crippen molar-refractivity contribution in [2.24, 2.45) is 0 Å². The second kappa shape index (κ2) is 5.27.